The number of hydrogen-bond donors (Lipinski definition) is 1. The van der Waals surface area contributed by atoms with E-state index in [0.717, 1.165) is 31.0 Å². The fraction of sp³-hybridized carbons (Fsp3) is 0.625. The van der Waals surface area contributed by atoms with Gasteiger partial charge in [-0.05, 0) is 39.8 Å². The number of piperazine rings is 1. The van der Waals surface area contributed by atoms with Crippen LogP contribution in [0.2, 0.25) is 0 Å². The normalized spacial score (nSPS) is 23.1. The molecule has 22 heavy (non-hydrogen) atoms. The van der Waals surface area contributed by atoms with Crippen LogP contribution in [0.1, 0.15) is 42.1 Å². The van der Waals surface area contributed by atoms with Crippen molar-refractivity contribution in [3.05, 3.63) is 23.3 Å². The van der Waals surface area contributed by atoms with Crippen molar-refractivity contribution in [2.45, 2.75) is 38.8 Å². The number of nitrogens with one attached hydrogen (secondary N) is 1. The van der Waals surface area contributed by atoms with Gasteiger partial charge in [0.2, 0.25) is 0 Å². The van der Waals surface area contributed by atoms with Gasteiger partial charge in [-0.3, -0.25) is 4.90 Å². The van der Waals surface area contributed by atoms with Gasteiger partial charge in [0.25, 0.3) is 5.89 Å². The van der Waals surface area contributed by atoms with E-state index >= 15 is 0 Å². The van der Waals surface area contributed by atoms with Gasteiger partial charge in [-0.2, -0.15) is 4.98 Å². The topological polar surface area (TPSA) is 59.1 Å². The fourth-order valence-corrected chi connectivity index (χ4v) is 3.46. The number of rotatable bonds is 3. The second-order valence-electron chi connectivity index (χ2n) is 6.54. The first-order valence-corrected chi connectivity index (χ1v) is 8.08. The highest BCUT2D eigenvalue weighted by Crippen LogP contribution is 2.40. The highest BCUT2D eigenvalue weighted by atomic mass is 16.5. The van der Waals surface area contributed by atoms with E-state index in [9.17, 15) is 0 Å². The first-order valence-electron chi connectivity index (χ1n) is 8.08. The summed E-state index contributed by atoms with van der Waals surface area (Å²) in [4.78, 5) is 6.95. The number of hydrogen-bond acceptors (Lipinski definition) is 5. The zero-order chi connectivity index (χ0) is 15.3. The van der Waals surface area contributed by atoms with Gasteiger partial charge in [-0.1, -0.05) is 5.16 Å². The molecule has 0 amide bonds. The van der Waals surface area contributed by atoms with Crippen molar-refractivity contribution >= 4 is 0 Å². The Hall–Kier alpha value is -1.66. The van der Waals surface area contributed by atoms with Gasteiger partial charge in [0, 0.05) is 37.1 Å². The van der Waals surface area contributed by atoms with E-state index in [-0.39, 0.29) is 6.04 Å². The highest BCUT2D eigenvalue weighted by molar-refractivity contribution is 5.58. The molecule has 2 aromatic heterocycles. The summed E-state index contributed by atoms with van der Waals surface area (Å²) >= 11 is 0. The minimum atomic E-state index is 0.193. The molecule has 1 aliphatic heterocycles. The lowest BCUT2D eigenvalue weighted by Gasteiger charge is -2.30. The zero-order valence-corrected chi connectivity index (χ0v) is 13.5. The third-order valence-corrected chi connectivity index (χ3v) is 4.88. The van der Waals surface area contributed by atoms with Crippen molar-refractivity contribution in [3.8, 4) is 11.5 Å². The van der Waals surface area contributed by atoms with Gasteiger partial charge < -0.3 is 14.4 Å². The van der Waals surface area contributed by atoms with Gasteiger partial charge in [-0.15, -0.1) is 0 Å². The van der Waals surface area contributed by atoms with E-state index in [4.69, 9.17) is 4.52 Å². The molecule has 1 saturated heterocycles. The van der Waals surface area contributed by atoms with Crippen molar-refractivity contribution < 1.29 is 4.52 Å². The van der Waals surface area contributed by atoms with Crippen LogP contribution in [-0.2, 0) is 0 Å². The Morgan fingerprint density at radius 1 is 1.32 bits per heavy atom. The molecule has 6 heteroatoms. The molecule has 0 aromatic carbocycles. The second kappa shape index (κ2) is 5.21. The van der Waals surface area contributed by atoms with Crippen LogP contribution in [0.25, 0.3) is 11.5 Å². The number of aromatic nitrogens is 3. The molecule has 118 valence electrons. The van der Waals surface area contributed by atoms with Crippen LogP contribution in [0.3, 0.4) is 0 Å². The van der Waals surface area contributed by atoms with E-state index in [0.29, 0.717) is 11.9 Å². The third kappa shape index (κ3) is 2.27. The molecule has 2 aliphatic rings. The molecular weight excluding hydrogens is 278 g/mol. The molecule has 1 unspecified atom stereocenters. The summed E-state index contributed by atoms with van der Waals surface area (Å²) in [7, 11) is 2.11. The van der Waals surface area contributed by atoms with Crippen molar-refractivity contribution in [3.63, 3.8) is 0 Å². The van der Waals surface area contributed by atoms with Crippen LogP contribution in [0.4, 0.5) is 0 Å². The largest absolute Gasteiger partial charge is 0.345 e. The molecule has 1 N–H and O–H groups in total. The molecule has 0 bridgehead atoms. The summed E-state index contributed by atoms with van der Waals surface area (Å²) in [6.45, 7) is 7.20. The van der Waals surface area contributed by atoms with Crippen LogP contribution in [0, 0.1) is 13.8 Å². The molecule has 2 fully saturated rings. The maximum absolute atomic E-state index is 5.57. The van der Waals surface area contributed by atoms with Gasteiger partial charge in [0.1, 0.15) is 0 Å². The molecule has 0 radical (unpaired) electrons. The number of nitrogens with zero attached hydrogens (tertiary/aromatic N) is 4. The van der Waals surface area contributed by atoms with Gasteiger partial charge in [0.05, 0.1) is 11.6 Å². The van der Waals surface area contributed by atoms with Crippen LogP contribution in [0.5, 0.6) is 0 Å². The quantitative estimate of drug-likeness (QED) is 0.940. The third-order valence-electron chi connectivity index (χ3n) is 4.88. The predicted molar refractivity (Wildman–Crippen MR) is 83.7 cm³/mol. The lowest BCUT2D eigenvalue weighted by Crippen LogP contribution is -2.44. The van der Waals surface area contributed by atoms with Crippen molar-refractivity contribution in [2.24, 2.45) is 0 Å². The van der Waals surface area contributed by atoms with Crippen molar-refractivity contribution in [1.29, 1.82) is 0 Å². The Morgan fingerprint density at radius 2 is 2.14 bits per heavy atom. The van der Waals surface area contributed by atoms with Gasteiger partial charge in [-0.25, -0.2) is 0 Å². The zero-order valence-electron chi connectivity index (χ0n) is 13.5. The molecule has 3 heterocycles. The number of likely N-dealkylation sites (N-methyl/N-ethyl adjacent to an activating group) is 1. The number of aryl methyl sites for hydroxylation is 1. The molecule has 4 rings (SSSR count). The maximum atomic E-state index is 5.57. The second-order valence-corrected chi connectivity index (χ2v) is 6.54. The Labute approximate surface area is 130 Å². The Kier molecular flexibility index (Phi) is 3.31. The van der Waals surface area contributed by atoms with E-state index in [2.05, 4.69) is 51.9 Å². The van der Waals surface area contributed by atoms with Gasteiger partial charge in [0.15, 0.2) is 5.82 Å². The monoisotopic (exact) mass is 301 g/mol. The molecule has 1 aliphatic carbocycles. The minimum absolute atomic E-state index is 0.193. The lowest BCUT2D eigenvalue weighted by atomic mass is 10.2. The van der Waals surface area contributed by atoms with E-state index in [1.54, 1.807) is 0 Å². The highest BCUT2D eigenvalue weighted by Gasteiger charge is 2.30. The van der Waals surface area contributed by atoms with Crippen molar-refractivity contribution in [1.82, 2.24) is 24.9 Å². The first kappa shape index (κ1) is 14.0. The van der Waals surface area contributed by atoms with Crippen LogP contribution >= 0.6 is 0 Å². The molecular formula is C16H23N5O. The Bertz CT molecular complexity index is 685. The lowest BCUT2D eigenvalue weighted by molar-refractivity contribution is 0.190. The summed E-state index contributed by atoms with van der Waals surface area (Å²) in [5.41, 5.74) is 3.60. The average Bonchev–Trinajstić information content (AvgIpc) is 3.13. The van der Waals surface area contributed by atoms with Crippen molar-refractivity contribution in [2.75, 3.05) is 26.7 Å². The molecule has 0 spiro atoms. The standard InChI is InChI=1S/C16H23N5O/c1-10-8-13(11(2)21(10)12-4-5-12)16-18-15(19-22-16)14-9-17-6-7-20(14)3/h8,12,14,17H,4-7,9H2,1-3H3. The summed E-state index contributed by atoms with van der Waals surface area (Å²) in [6, 6.07) is 3.04. The van der Waals surface area contributed by atoms with E-state index in [1.165, 1.54) is 24.2 Å². The SMILES string of the molecule is Cc1cc(-c2nc(C3CNCCN3C)no2)c(C)n1C1CC1. The molecule has 6 nitrogen and oxygen atoms in total. The first-order chi connectivity index (χ1) is 10.6. The summed E-state index contributed by atoms with van der Waals surface area (Å²) in [5.74, 6) is 1.43. The van der Waals surface area contributed by atoms with Crippen LogP contribution in [0.15, 0.2) is 10.6 Å². The maximum Gasteiger partial charge on any atom is 0.259 e. The van der Waals surface area contributed by atoms with Crippen LogP contribution in [-0.4, -0.2) is 46.3 Å². The molecule has 2 aromatic rings. The molecule has 1 saturated carbocycles. The molecule has 1 atom stereocenters. The smallest absolute Gasteiger partial charge is 0.259 e. The predicted octanol–water partition coefficient (Wildman–Crippen LogP) is 2.07. The van der Waals surface area contributed by atoms with Gasteiger partial charge >= 0.3 is 0 Å². The van der Waals surface area contributed by atoms with Crippen LogP contribution < -0.4 is 5.32 Å². The van der Waals surface area contributed by atoms with E-state index < -0.39 is 0 Å². The minimum Gasteiger partial charge on any atom is -0.345 e. The average molecular weight is 301 g/mol. The summed E-state index contributed by atoms with van der Waals surface area (Å²) in [5, 5.41) is 7.62. The summed E-state index contributed by atoms with van der Waals surface area (Å²) in [6.07, 6.45) is 2.56. The fourth-order valence-electron chi connectivity index (χ4n) is 3.46. The van der Waals surface area contributed by atoms with E-state index in [1.807, 2.05) is 0 Å². The summed E-state index contributed by atoms with van der Waals surface area (Å²) < 4.78 is 7.98. The Morgan fingerprint density at radius 3 is 2.86 bits per heavy atom. The Balaban J connectivity index is 1.65.